The zero-order valence-corrected chi connectivity index (χ0v) is 11.5. The number of thioether (sulfide) groups is 1. The van der Waals surface area contributed by atoms with Gasteiger partial charge < -0.3 is 0 Å². The van der Waals surface area contributed by atoms with Gasteiger partial charge in [-0.2, -0.15) is 0 Å². The first kappa shape index (κ1) is 13.7. The molecule has 0 aromatic carbocycles. The SMILES string of the molecule is CCCCCC1=C(CCCCC)SC=C[N]1. The molecule has 91 valence electrons. The van der Waals surface area contributed by atoms with Gasteiger partial charge in [-0.15, -0.1) is 0 Å². The zero-order chi connectivity index (χ0) is 11.6. The molecule has 1 rings (SSSR count). The summed E-state index contributed by atoms with van der Waals surface area (Å²) in [6.07, 6.45) is 12.2. The molecule has 0 aromatic rings. The normalized spacial score (nSPS) is 15.4. The Bertz CT molecular complexity index is 219. The van der Waals surface area contributed by atoms with E-state index in [1.165, 1.54) is 62.0 Å². The average Bonchev–Trinajstić information content (AvgIpc) is 2.32. The predicted molar refractivity (Wildman–Crippen MR) is 74.2 cm³/mol. The molecule has 1 heterocycles. The molecule has 0 unspecified atom stereocenters. The molecule has 0 amide bonds. The molecule has 2 heteroatoms. The second kappa shape index (κ2) is 8.74. The van der Waals surface area contributed by atoms with Crippen LogP contribution >= 0.6 is 11.8 Å². The van der Waals surface area contributed by atoms with Crippen LogP contribution in [0.4, 0.5) is 0 Å². The van der Waals surface area contributed by atoms with Crippen molar-refractivity contribution in [3.05, 3.63) is 22.2 Å². The van der Waals surface area contributed by atoms with Gasteiger partial charge in [0.1, 0.15) is 0 Å². The molecule has 0 saturated heterocycles. The van der Waals surface area contributed by atoms with E-state index < -0.39 is 0 Å². The minimum absolute atomic E-state index is 1.17. The van der Waals surface area contributed by atoms with Crippen molar-refractivity contribution in [2.45, 2.75) is 65.2 Å². The molecule has 0 saturated carbocycles. The molecule has 0 spiro atoms. The number of unbranched alkanes of at least 4 members (excludes halogenated alkanes) is 4. The van der Waals surface area contributed by atoms with Gasteiger partial charge in [-0.3, -0.25) is 5.32 Å². The largest absolute Gasteiger partial charge is 0.260 e. The van der Waals surface area contributed by atoms with E-state index in [0.29, 0.717) is 0 Å². The lowest BCUT2D eigenvalue weighted by Gasteiger charge is -2.15. The van der Waals surface area contributed by atoms with E-state index in [-0.39, 0.29) is 0 Å². The lowest BCUT2D eigenvalue weighted by Crippen LogP contribution is -2.03. The highest BCUT2D eigenvalue weighted by Crippen LogP contribution is 2.31. The average molecular weight is 238 g/mol. The zero-order valence-electron chi connectivity index (χ0n) is 10.7. The Hall–Kier alpha value is -0.370. The van der Waals surface area contributed by atoms with Crippen LogP contribution in [0.2, 0.25) is 0 Å². The summed E-state index contributed by atoms with van der Waals surface area (Å²) in [5, 5.41) is 6.66. The summed E-state index contributed by atoms with van der Waals surface area (Å²) >= 11 is 1.89. The maximum absolute atomic E-state index is 4.54. The summed E-state index contributed by atoms with van der Waals surface area (Å²) in [7, 11) is 0. The minimum atomic E-state index is 1.17. The third-order valence-electron chi connectivity index (χ3n) is 2.85. The summed E-state index contributed by atoms with van der Waals surface area (Å²) in [6, 6.07) is 0. The van der Waals surface area contributed by atoms with E-state index in [4.69, 9.17) is 0 Å². The number of nitrogens with zero attached hydrogens (tertiary/aromatic N) is 1. The Morgan fingerprint density at radius 3 is 2.38 bits per heavy atom. The molecule has 1 radical (unpaired) electrons. The van der Waals surface area contributed by atoms with Crippen molar-refractivity contribution in [1.29, 1.82) is 0 Å². The topological polar surface area (TPSA) is 14.1 Å². The first-order chi connectivity index (χ1) is 7.88. The van der Waals surface area contributed by atoms with Crippen molar-refractivity contribution in [3.63, 3.8) is 0 Å². The molecule has 0 fully saturated rings. The monoisotopic (exact) mass is 238 g/mol. The molecule has 1 aliphatic heterocycles. The van der Waals surface area contributed by atoms with Gasteiger partial charge in [-0.25, -0.2) is 0 Å². The van der Waals surface area contributed by atoms with Crippen molar-refractivity contribution in [1.82, 2.24) is 5.32 Å². The Morgan fingerprint density at radius 2 is 1.69 bits per heavy atom. The summed E-state index contributed by atoms with van der Waals surface area (Å²) in [5.74, 6) is 0. The second-order valence-corrected chi connectivity index (χ2v) is 5.32. The van der Waals surface area contributed by atoms with Crippen LogP contribution in [-0.4, -0.2) is 0 Å². The van der Waals surface area contributed by atoms with Crippen molar-refractivity contribution in [3.8, 4) is 0 Å². The van der Waals surface area contributed by atoms with Gasteiger partial charge in [0.15, 0.2) is 0 Å². The van der Waals surface area contributed by atoms with Crippen LogP contribution < -0.4 is 5.32 Å². The standard InChI is InChI=1S/C14H24NS/c1-3-5-7-9-13-14(10-8-6-4-2)16-12-11-15-13/h11-12H,3-10H2,1-2H3. The Balaban J connectivity index is 2.37. The number of allylic oxidation sites excluding steroid dienone is 2. The van der Waals surface area contributed by atoms with Crippen LogP contribution in [0.25, 0.3) is 0 Å². The third kappa shape index (κ3) is 5.11. The van der Waals surface area contributed by atoms with E-state index in [0.717, 1.165) is 0 Å². The van der Waals surface area contributed by atoms with Crippen LogP contribution in [0.3, 0.4) is 0 Å². The van der Waals surface area contributed by atoms with Crippen LogP contribution in [0.1, 0.15) is 65.2 Å². The van der Waals surface area contributed by atoms with Crippen LogP contribution in [0.15, 0.2) is 22.2 Å². The predicted octanol–water partition coefficient (Wildman–Crippen LogP) is 5.18. The maximum atomic E-state index is 4.54. The molecule has 0 bridgehead atoms. The van der Waals surface area contributed by atoms with Crippen molar-refractivity contribution in [2.75, 3.05) is 0 Å². The number of rotatable bonds is 8. The fraction of sp³-hybridized carbons (Fsp3) is 0.714. The lowest BCUT2D eigenvalue weighted by atomic mass is 10.1. The quantitative estimate of drug-likeness (QED) is 0.531. The van der Waals surface area contributed by atoms with Gasteiger partial charge in [0.2, 0.25) is 0 Å². The fourth-order valence-electron chi connectivity index (χ4n) is 1.86. The summed E-state index contributed by atoms with van der Waals surface area (Å²) in [5.41, 5.74) is 1.36. The Labute approximate surface area is 105 Å². The van der Waals surface area contributed by atoms with Gasteiger partial charge >= 0.3 is 0 Å². The number of hydrogen-bond donors (Lipinski definition) is 0. The van der Waals surface area contributed by atoms with Crippen molar-refractivity contribution >= 4 is 11.8 Å². The minimum Gasteiger partial charge on any atom is -0.260 e. The highest BCUT2D eigenvalue weighted by molar-refractivity contribution is 8.05. The van der Waals surface area contributed by atoms with E-state index in [2.05, 4.69) is 24.6 Å². The maximum Gasteiger partial charge on any atom is 0.0502 e. The smallest absolute Gasteiger partial charge is 0.0502 e. The first-order valence-corrected chi connectivity index (χ1v) is 7.51. The molecule has 0 aliphatic carbocycles. The molecule has 0 N–H and O–H groups in total. The van der Waals surface area contributed by atoms with E-state index >= 15 is 0 Å². The third-order valence-corrected chi connectivity index (χ3v) is 3.83. The van der Waals surface area contributed by atoms with Crippen LogP contribution in [0.5, 0.6) is 0 Å². The van der Waals surface area contributed by atoms with Gasteiger partial charge in [-0.1, -0.05) is 51.3 Å². The molecule has 0 aromatic heterocycles. The first-order valence-electron chi connectivity index (χ1n) is 6.63. The summed E-state index contributed by atoms with van der Waals surface area (Å²) in [6.45, 7) is 4.51. The Kier molecular flexibility index (Phi) is 7.48. The van der Waals surface area contributed by atoms with E-state index in [9.17, 15) is 0 Å². The van der Waals surface area contributed by atoms with Crippen LogP contribution in [-0.2, 0) is 0 Å². The van der Waals surface area contributed by atoms with Gasteiger partial charge in [-0.05, 0) is 31.1 Å². The van der Waals surface area contributed by atoms with Gasteiger partial charge in [0.25, 0.3) is 0 Å². The number of hydrogen-bond acceptors (Lipinski definition) is 1. The Morgan fingerprint density at radius 1 is 1.00 bits per heavy atom. The molecule has 1 nitrogen and oxygen atoms in total. The van der Waals surface area contributed by atoms with Gasteiger partial charge in [0, 0.05) is 11.1 Å². The fourth-order valence-corrected chi connectivity index (χ4v) is 2.70. The van der Waals surface area contributed by atoms with E-state index in [1.807, 2.05) is 18.0 Å². The highest BCUT2D eigenvalue weighted by Gasteiger charge is 2.10. The van der Waals surface area contributed by atoms with Gasteiger partial charge in [0.05, 0.1) is 5.70 Å². The molecule has 16 heavy (non-hydrogen) atoms. The molecular weight excluding hydrogens is 214 g/mol. The van der Waals surface area contributed by atoms with E-state index in [1.54, 1.807) is 0 Å². The summed E-state index contributed by atoms with van der Waals surface area (Å²) in [4.78, 5) is 1.52. The van der Waals surface area contributed by atoms with Crippen molar-refractivity contribution < 1.29 is 0 Å². The van der Waals surface area contributed by atoms with Crippen molar-refractivity contribution in [2.24, 2.45) is 0 Å². The highest BCUT2D eigenvalue weighted by atomic mass is 32.2. The second-order valence-electron chi connectivity index (χ2n) is 4.32. The summed E-state index contributed by atoms with van der Waals surface area (Å²) < 4.78 is 0. The lowest BCUT2D eigenvalue weighted by molar-refractivity contribution is 0.677. The van der Waals surface area contributed by atoms with Crippen LogP contribution in [0, 0.1) is 0 Å². The molecular formula is C14H24NS. The molecule has 1 aliphatic rings. The molecule has 0 atom stereocenters.